The molecule has 0 bridgehead atoms. The molecule has 1 aliphatic carbocycles. The zero-order valence-electron chi connectivity index (χ0n) is 17.4. The quantitative estimate of drug-likeness (QED) is 0.627. The predicted octanol–water partition coefficient (Wildman–Crippen LogP) is 3.69. The number of aromatic nitrogens is 2. The molecule has 0 radical (unpaired) electrons. The summed E-state index contributed by atoms with van der Waals surface area (Å²) in [5.74, 6) is 0.288. The van der Waals surface area contributed by atoms with Gasteiger partial charge in [-0.1, -0.05) is 20.8 Å². The molecule has 0 amide bonds. The first kappa shape index (κ1) is 21.0. The van der Waals surface area contributed by atoms with Gasteiger partial charge in [-0.3, -0.25) is 14.3 Å². The number of fused-ring (bicyclic) bond motifs is 3. The summed E-state index contributed by atoms with van der Waals surface area (Å²) < 4.78 is 6.93. The molecular weight excluding hydrogens is 374 g/mol. The van der Waals surface area contributed by atoms with Crippen molar-refractivity contribution in [2.45, 2.75) is 72.4 Å². The Bertz CT molecular complexity index is 898. The van der Waals surface area contributed by atoms with Gasteiger partial charge in [0.2, 0.25) is 0 Å². The molecule has 1 unspecified atom stereocenters. The molecule has 2 aromatic heterocycles. The van der Waals surface area contributed by atoms with Gasteiger partial charge in [0.25, 0.3) is 5.56 Å². The number of rotatable bonds is 8. The van der Waals surface area contributed by atoms with E-state index in [-0.39, 0.29) is 11.5 Å². The largest absolute Gasteiger partial charge is 0.464 e. The van der Waals surface area contributed by atoms with Crippen molar-refractivity contribution in [3.63, 3.8) is 0 Å². The Morgan fingerprint density at radius 3 is 2.64 bits per heavy atom. The zero-order valence-corrected chi connectivity index (χ0v) is 18.2. The average molecular weight is 406 g/mol. The van der Waals surface area contributed by atoms with Gasteiger partial charge in [0.1, 0.15) is 16.7 Å². The lowest BCUT2D eigenvalue weighted by molar-refractivity contribution is -0.147. The van der Waals surface area contributed by atoms with Gasteiger partial charge in [0.15, 0.2) is 0 Å². The summed E-state index contributed by atoms with van der Waals surface area (Å²) in [6.07, 6.45) is 4.98. The molecule has 154 valence electrons. The van der Waals surface area contributed by atoms with E-state index in [1.807, 2.05) is 6.92 Å². The lowest BCUT2D eigenvalue weighted by Crippen LogP contribution is -2.36. The molecule has 0 aliphatic heterocycles. The van der Waals surface area contributed by atoms with Gasteiger partial charge >= 0.3 is 5.97 Å². The highest BCUT2D eigenvalue weighted by atomic mass is 32.1. The van der Waals surface area contributed by atoms with Crippen LogP contribution < -0.4 is 5.56 Å². The van der Waals surface area contributed by atoms with E-state index in [1.165, 1.54) is 11.3 Å². The van der Waals surface area contributed by atoms with Crippen LogP contribution in [0.2, 0.25) is 0 Å². The topological polar surface area (TPSA) is 64.4 Å². The molecule has 0 N–H and O–H groups in total. The van der Waals surface area contributed by atoms with Gasteiger partial charge < -0.3 is 4.74 Å². The molecule has 0 aromatic carbocycles. The van der Waals surface area contributed by atoms with Crippen molar-refractivity contribution in [1.29, 1.82) is 0 Å². The smallest absolute Gasteiger partial charge is 0.329 e. The van der Waals surface area contributed by atoms with Crippen LogP contribution in [0.5, 0.6) is 0 Å². The normalized spacial score (nSPS) is 15.0. The highest BCUT2D eigenvalue weighted by Gasteiger charge is 2.27. The van der Waals surface area contributed by atoms with Crippen LogP contribution in [-0.2, 0) is 28.9 Å². The fourth-order valence-corrected chi connectivity index (χ4v) is 5.12. The summed E-state index contributed by atoms with van der Waals surface area (Å²) in [5, 5.41) is 0.720. The number of ether oxygens (including phenoxy) is 1. The molecule has 1 atom stereocenters. The second-order valence-corrected chi connectivity index (χ2v) is 8.48. The molecule has 0 saturated carbocycles. The summed E-state index contributed by atoms with van der Waals surface area (Å²) in [7, 11) is 0. The van der Waals surface area contributed by atoms with Crippen LogP contribution in [0.4, 0.5) is 0 Å². The van der Waals surface area contributed by atoms with E-state index >= 15 is 0 Å². The van der Waals surface area contributed by atoms with E-state index in [2.05, 4.69) is 18.7 Å². The zero-order chi connectivity index (χ0) is 20.3. The van der Waals surface area contributed by atoms with Crippen LogP contribution in [0.1, 0.15) is 69.3 Å². The molecule has 6 nitrogen and oxygen atoms in total. The van der Waals surface area contributed by atoms with E-state index in [9.17, 15) is 9.59 Å². The molecular formula is C21H31N3O3S. The summed E-state index contributed by atoms with van der Waals surface area (Å²) >= 11 is 1.65. The number of carbonyl (C=O) groups excluding carboxylic acids is 1. The van der Waals surface area contributed by atoms with Crippen molar-refractivity contribution in [2.24, 2.45) is 0 Å². The van der Waals surface area contributed by atoms with Crippen molar-refractivity contribution < 1.29 is 9.53 Å². The second kappa shape index (κ2) is 9.18. The van der Waals surface area contributed by atoms with Crippen molar-refractivity contribution in [3.05, 3.63) is 26.6 Å². The minimum absolute atomic E-state index is 0.0903. The van der Waals surface area contributed by atoms with Crippen molar-refractivity contribution in [3.8, 4) is 0 Å². The number of hydrogen-bond acceptors (Lipinski definition) is 6. The highest BCUT2D eigenvalue weighted by Crippen LogP contribution is 2.34. The monoisotopic (exact) mass is 405 g/mol. The molecule has 0 spiro atoms. The predicted molar refractivity (Wildman–Crippen MR) is 113 cm³/mol. The standard InChI is InChI=1S/C21H31N3O3S/c1-5-12-27-21(26)14(4)24-17(13-23(6-2)7-3)22-19-18(20(24)25)15-10-8-9-11-16(15)28-19/h14H,5-13H2,1-4H3. The SMILES string of the molecule is CCCOC(=O)C(C)n1c(CN(CC)CC)nc2sc3c(c2c1=O)CCCC3. The molecule has 7 heteroatoms. The van der Waals surface area contributed by atoms with E-state index in [1.54, 1.807) is 22.8 Å². The molecule has 0 fully saturated rings. The van der Waals surface area contributed by atoms with Crippen molar-refractivity contribution >= 4 is 27.5 Å². The number of nitrogens with zero attached hydrogens (tertiary/aromatic N) is 3. The van der Waals surface area contributed by atoms with Gasteiger partial charge in [-0.15, -0.1) is 11.3 Å². The first-order valence-corrected chi connectivity index (χ1v) is 11.3. The van der Waals surface area contributed by atoms with E-state index < -0.39 is 6.04 Å². The number of aryl methyl sites for hydroxylation is 2. The Balaban J connectivity index is 2.15. The van der Waals surface area contributed by atoms with Crippen LogP contribution in [-0.4, -0.2) is 40.1 Å². The summed E-state index contributed by atoms with van der Waals surface area (Å²) in [6, 6.07) is -0.680. The number of carbonyl (C=O) groups is 1. The number of thiophene rings is 1. The summed E-state index contributed by atoms with van der Waals surface area (Å²) in [4.78, 5) is 35.4. The molecule has 1 aliphatic rings. The van der Waals surface area contributed by atoms with Gasteiger partial charge in [0, 0.05) is 4.88 Å². The average Bonchev–Trinajstić information content (AvgIpc) is 3.08. The maximum Gasteiger partial charge on any atom is 0.329 e. The molecule has 0 saturated heterocycles. The molecule has 3 rings (SSSR count). The fraction of sp³-hybridized carbons (Fsp3) is 0.667. The summed E-state index contributed by atoms with van der Waals surface area (Å²) in [5.41, 5.74) is 1.06. The first-order valence-electron chi connectivity index (χ1n) is 10.5. The highest BCUT2D eigenvalue weighted by molar-refractivity contribution is 7.18. The van der Waals surface area contributed by atoms with Crippen LogP contribution in [0.15, 0.2) is 4.79 Å². The minimum Gasteiger partial charge on any atom is -0.464 e. The Hall–Kier alpha value is -1.73. The van der Waals surface area contributed by atoms with Crippen molar-refractivity contribution in [1.82, 2.24) is 14.5 Å². The fourth-order valence-electron chi connectivity index (χ4n) is 3.85. The van der Waals surface area contributed by atoms with Crippen LogP contribution in [0, 0.1) is 0 Å². The van der Waals surface area contributed by atoms with E-state index in [0.717, 1.165) is 54.6 Å². The Morgan fingerprint density at radius 2 is 1.96 bits per heavy atom. The lowest BCUT2D eigenvalue weighted by atomic mass is 9.97. The minimum atomic E-state index is -0.680. The van der Waals surface area contributed by atoms with Gasteiger partial charge in [-0.25, -0.2) is 9.78 Å². The van der Waals surface area contributed by atoms with Gasteiger partial charge in [-0.2, -0.15) is 0 Å². The molecule has 2 aromatic rings. The Kier molecular flexibility index (Phi) is 6.88. The van der Waals surface area contributed by atoms with Crippen LogP contribution in [0.25, 0.3) is 10.2 Å². The number of hydrogen-bond donors (Lipinski definition) is 0. The number of esters is 1. The lowest BCUT2D eigenvalue weighted by Gasteiger charge is -2.23. The van der Waals surface area contributed by atoms with Crippen LogP contribution >= 0.6 is 11.3 Å². The molecule has 2 heterocycles. The third-order valence-corrected chi connectivity index (χ3v) is 6.72. The first-order chi connectivity index (χ1) is 13.5. The maximum atomic E-state index is 13.6. The third kappa shape index (κ3) is 4.01. The van der Waals surface area contributed by atoms with Gasteiger partial charge in [-0.05, 0) is 57.7 Å². The van der Waals surface area contributed by atoms with Crippen molar-refractivity contribution in [2.75, 3.05) is 19.7 Å². The summed E-state index contributed by atoms with van der Waals surface area (Å²) in [6.45, 7) is 10.5. The van der Waals surface area contributed by atoms with E-state index in [0.29, 0.717) is 19.0 Å². The Morgan fingerprint density at radius 1 is 1.25 bits per heavy atom. The third-order valence-electron chi connectivity index (χ3n) is 5.53. The Labute approximate surface area is 170 Å². The molecule has 28 heavy (non-hydrogen) atoms. The van der Waals surface area contributed by atoms with Crippen LogP contribution in [0.3, 0.4) is 0 Å². The van der Waals surface area contributed by atoms with E-state index in [4.69, 9.17) is 9.72 Å². The maximum absolute atomic E-state index is 13.6. The van der Waals surface area contributed by atoms with Gasteiger partial charge in [0.05, 0.1) is 18.5 Å². The second-order valence-electron chi connectivity index (χ2n) is 7.40.